The highest BCUT2D eigenvalue weighted by Crippen LogP contribution is 2.17. The van der Waals surface area contributed by atoms with E-state index >= 15 is 0 Å². The molecule has 0 amide bonds. The second-order valence-corrected chi connectivity index (χ2v) is 4.60. The number of aliphatic hydroxyl groups excluding tert-OH is 1. The summed E-state index contributed by atoms with van der Waals surface area (Å²) in [5.74, 6) is 0. The Kier molecular flexibility index (Phi) is 5.73. The Bertz CT molecular complexity index is 396. The average Bonchev–Trinajstić information content (AvgIpc) is 2.27. The standard InChI is InChI=1S/C11H18N2O3S/c1-8(12)9-2-3-11(7-13-17(15)16)10(6-9)4-5-14/h2-3,6,8,13-14H,4-5,7,12H2,1H3,(H,15,16)/p-1/t8-/m1/s1. The smallest absolute Gasteiger partial charge is 0.0471 e. The fourth-order valence-electron chi connectivity index (χ4n) is 1.59. The molecule has 17 heavy (non-hydrogen) atoms. The number of nitrogens with two attached hydrogens (primary N) is 1. The number of nitrogens with one attached hydrogen (secondary N) is 1. The number of benzene rings is 1. The topological polar surface area (TPSA) is 98.4 Å². The van der Waals surface area contributed by atoms with Gasteiger partial charge in [0.2, 0.25) is 0 Å². The lowest BCUT2D eigenvalue weighted by Gasteiger charge is -2.14. The Hall–Kier alpha value is -0.790. The molecule has 6 heteroatoms. The predicted octanol–water partition coefficient (Wildman–Crippen LogP) is 0.125. The van der Waals surface area contributed by atoms with E-state index in [4.69, 9.17) is 10.8 Å². The largest absolute Gasteiger partial charge is 0.760 e. The first kappa shape index (κ1) is 14.3. The first-order valence-corrected chi connectivity index (χ1v) is 6.43. The van der Waals surface area contributed by atoms with Crippen LogP contribution in [0.2, 0.25) is 0 Å². The Morgan fingerprint density at radius 1 is 1.53 bits per heavy atom. The second kappa shape index (κ2) is 6.83. The molecule has 0 aromatic heterocycles. The molecule has 4 N–H and O–H groups in total. The van der Waals surface area contributed by atoms with E-state index in [9.17, 15) is 8.76 Å². The van der Waals surface area contributed by atoms with Crippen molar-refractivity contribution in [2.24, 2.45) is 5.73 Å². The minimum absolute atomic E-state index is 0.0237. The molecule has 5 nitrogen and oxygen atoms in total. The van der Waals surface area contributed by atoms with Crippen molar-refractivity contribution in [2.75, 3.05) is 6.61 Å². The summed E-state index contributed by atoms with van der Waals surface area (Å²) in [5.41, 5.74) is 8.52. The number of hydrogen-bond donors (Lipinski definition) is 3. The first-order valence-electron chi connectivity index (χ1n) is 5.35. The van der Waals surface area contributed by atoms with E-state index in [1.807, 2.05) is 25.1 Å². The van der Waals surface area contributed by atoms with E-state index in [2.05, 4.69) is 4.72 Å². The molecule has 1 aromatic rings. The molecule has 0 saturated heterocycles. The fourth-order valence-corrected chi connectivity index (χ4v) is 1.86. The molecule has 0 aliphatic heterocycles. The Labute approximate surface area is 103 Å². The summed E-state index contributed by atoms with van der Waals surface area (Å²) in [7, 11) is 0. The lowest BCUT2D eigenvalue weighted by molar-refractivity contribution is 0.299. The Morgan fingerprint density at radius 3 is 2.76 bits per heavy atom. The molecule has 0 saturated carbocycles. The molecule has 1 unspecified atom stereocenters. The second-order valence-electron chi connectivity index (χ2n) is 3.85. The summed E-state index contributed by atoms with van der Waals surface area (Å²) in [5, 5.41) is 8.98. The fraction of sp³-hybridized carbons (Fsp3) is 0.455. The molecule has 0 bridgehead atoms. The monoisotopic (exact) mass is 257 g/mol. The van der Waals surface area contributed by atoms with Gasteiger partial charge < -0.3 is 15.4 Å². The predicted molar refractivity (Wildman–Crippen MR) is 65.6 cm³/mol. The highest BCUT2D eigenvalue weighted by molar-refractivity contribution is 7.77. The van der Waals surface area contributed by atoms with Crippen LogP contribution in [0.25, 0.3) is 0 Å². The van der Waals surface area contributed by atoms with Crippen LogP contribution in [-0.4, -0.2) is 20.5 Å². The van der Waals surface area contributed by atoms with Gasteiger partial charge in [-0.25, -0.2) is 4.72 Å². The van der Waals surface area contributed by atoms with Crippen molar-refractivity contribution in [3.05, 3.63) is 34.9 Å². The highest BCUT2D eigenvalue weighted by atomic mass is 32.2. The van der Waals surface area contributed by atoms with Gasteiger partial charge in [-0.2, -0.15) is 0 Å². The van der Waals surface area contributed by atoms with Gasteiger partial charge in [0.15, 0.2) is 0 Å². The van der Waals surface area contributed by atoms with Gasteiger partial charge in [0.25, 0.3) is 0 Å². The quantitative estimate of drug-likeness (QED) is 0.631. The van der Waals surface area contributed by atoms with E-state index in [0.29, 0.717) is 6.42 Å². The van der Waals surface area contributed by atoms with Gasteiger partial charge in [-0.05, 0) is 30.0 Å². The van der Waals surface area contributed by atoms with Crippen LogP contribution in [0, 0.1) is 0 Å². The van der Waals surface area contributed by atoms with E-state index in [1.54, 1.807) is 0 Å². The van der Waals surface area contributed by atoms with Crippen molar-refractivity contribution in [3.63, 3.8) is 0 Å². The molecule has 0 spiro atoms. The van der Waals surface area contributed by atoms with Crippen LogP contribution in [0.5, 0.6) is 0 Å². The molecular weight excluding hydrogens is 240 g/mol. The minimum atomic E-state index is -2.28. The molecule has 1 aromatic carbocycles. The molecule has 0 aliphatic rings. The summed E-state index contributed by atoms with van der Waals surface area (Å²) in [6, 6.07) is 5.54. The van der Waals surface area contributed by atoms with Crippen molar-refractivity contribution >= 4 is 11.3 Å². The molecule has 0 heterocycles. The highest BCUT2D eigenvalue weighted by Gasteiger charge is 2.06. The summed E-state index contributed by atoms with van der Waals surface area (Å²) >= 11 is -2.28. The number of aliphatic hydroxyl groups is 1. The summed E-state index contributed by atoms with van der Waals surface area (Å²) in [6.45, 7) is 2.13. The third-order valence-corrected chi connectivity index (χ3v) is 2.90. The maximum atomic E-state index is 10.4. The van der Waals surface area contributed by atoms with Gasteiger partial charge in [-0.1, -0.05) is 18.2 Å². The Morgan fingerprint density at radius 2 is 2.24 bits per heavy atom. The maximum absolute atomic E-state index is 10.4. The lowest BCUT2D eigenvalue weighted by atomic mass is 9.99. The van der Waals surface area contributed by atoms with Crippen LogP contribution < -0.4 is 10.5 Å². The zero-order chi connectivity index (χ0) is 12.8. The SMILES string of the molecule is C[C@@H](N)c1ccc(CNS(=O)[O-])c(CCO)c1. The number of rotatable bonds is 6. The minimum Gasteiger partial charge on any atom is -0.760 e. The van der Waals surface area contributed by atoms with Crippen molar-refractivity contribution in [3.8, 4) is 0 Å². The van der Waals surface area contributed by atoms with Gasteiger partial charge in [0, 0.05) is 30.5 Å². The van der Waals surface area contributed by atoms with Crippen molar-refractivity contribution in [2.45, 2.75) is 25.9 Å². The molecule has 0 aliphatic carbocycles. The van der Waals surface area contributed by atoms with Crippen molar-refractivity contribution in [1.29, 1.82) is 0 Å². The lowest BCUT2D eigenvalue weighted by Crippen LogP contribution is -2.17. The van der Waals surface area contributed by atoms with Crippen molar-refractivity contribution in [1.82, 2.24) is 4.72 Å². The summed E-state index contributed by atoms with van der Waals surface area (Å²) < 4.78 is 23.2. The molecule has 1 rings (SSSR count). The average molecular weight is 257 g/mol. The van der Waals surface area contributed by atoms with Crippen LogP contribution in [0.4, 0.5) is 0 Å². The zero-order valence-corrected chi connectivity index (χ0v) is 10.5. The normalized spacial score (nSPS) is 14.6. The van der Waals surface area contributed by atoms with Crippen LogP contribution >= 0.6 is 0 Å². The molecule has 0 fully saturated rings. The third-order valence-electron chi connectivity index (χ3n) is 2.52. The van der Waals surface area contributed by atoms with Gasteiger partial charge in [0.1, 0.15) is 0 Å². The summed E-state index contributed by atoms with van der Waals surface area (Å²) in [4.78, 5) is 0. The zero-order valence-electron chi connectivity index (χ0n) is 9.68. The van der Waals surface area contributed by atoms with Crippen molar-refractivity contribution < 1.29 is 13.9 Å². The maximum Gasteiger partial charge on any atom is 0.0471 e. The van der Waals surface area contributed by atoms with E-state index in [0.717, 1.165) is 16.7 Å². The van der Waals surface area contributed by atoms with Crippen LogP contribution in [0.1, 0.15) is 29.7 Å². The van der Waals surface area contributed by atoms with Gasteiger partial charge in [0.05, 0.1) is 0 Å². The van der Waals surface area contributed by atoms with E-state index < -0.39 is 11.3 Å². The van der Waals surface area contributed by atoms with Gasteiger partial charge in [-0.3, -0.25) is 4.21 Å². The van der Waals surface area contributed by atoms with E-state index in [-0.39, 0.29) is 19.2 Å². The summed E-state index contributed by atoms with van der Waals surface area (Å²) in [6.07, 6.45) is 0.489. The first-order chi connectivity index (χ1) is 8.04. The van der Waals surface area contributed by atoms with Gasteiger partial charge >= 0.3 is 0 Å². The van der Waals surface area contributed by atoms with Gasteiger partial charge in [-0.15, -0.1) is 0 Å². The molecule has 2 atom stereocenters. The van der Waals surface area contributed by atoms with Crippen LogP contribution in [0.15, 0.2) is 18.2 Å². The molecular formula is C11H17N2O3S-. The van der Waals surface area contributed by atoms with Crippen LogP contribution in [-0.2, 0) is 24.2 Å². The Balaban J connectivity index is 2.91. The third kappa shape index (κ3) is 4.53. The van der Waals surface area contributed by atoms with E-state index in [1.165, 1.54) is 0 Å². The molecule has 0 radical (unpaired) electrons. The molecule has 96 valence electrons. The number of hydrogen-bond acceptors (Lipinski definition) is 4. The van der Waals surface area contributed by atoms with Crippen LogP contribution in [0.3, 0.4) is 0 Å².